The molecule has 0 saturated heterocycles. The van der Waals surface area contributed by atoms with Crippen LogP contribution in [0.4, 0.5) is 0 Å². The Labute approximate surface area is 167 Å². The van der Waals surface area contributed by atoms with Crippen LogP contribution in [0.25, 0.3) is 0 Å². The molecule has 7 nitrogen and oxygen atoms in total. The number of hydroxylamine groups is 1. The maximum Gasteiger partial charge on any atom is 0.265 e. The van der Waals surface area contributed by atoms with Crippen molar-refractivity contribution >= 4 is 17.7 Å². The molecule has 0 bridgehead atoms. The van der Waals surface area contributed by atoms with Gasteiger partial charge in [-0.1, -0.05) is 62.4 Å². The number of benzene rings is 1. The third kappa shape index (κ3) is 11.3. The highest BCUT2D eigenvalue weighted by molar-refractivity contribution is 5.87. The Morgan fingerprint density at radius 3 is 2.11 bits per heavy atom. The second kappa shape index (κ2) is 14.6. The van der Waals surface area contributed by atoms with Crippen molar-refractivity contribution in [2.75, 3.05) is 0 Å². The summed E-state index contributed by atoms with van der Waals surface area (Å²) in [4.78, 5) is 34.3. The third-order valence-corrected chi connectivity index (χ3v) is 4.65. The minimum Gasteiger partial charge on any atom is -0.370 e. The molecule has 0 aromatic heterocycles. The van der Waals surface area contributed by atoms with Gasteiger partial charge in [-0.3, -0.25) is 19.6 Å². The van der Waals surface area contributed by atoms with Crippen LogP contribution in [0.2, 0.25) is 0 Å². The van der Waals surface area contributed by atoms with E-state index < -0.39 is 17.9 Å². The molecule has 0 heterocycles. The van der Waals surface area contributed by atoms with Crippen LogP contribution in [0.5, 0.6) is 0 Å². The first-order valence-corrected chi connectivity index (χ1v) is 10.1. The molecule has 3 amide bonds. The fraction of sp³-hybridized carbons (Fsp3) is 0.571. The standard InChI is InChI=1S/C21H33N3O4/c22-19(25)16-15-18(21(27)24-28)23-20(26)14-10-5-3-1-2-4-7-11-17-12-8-6-9-13-17/h6,8-9,12-13,18,28H,1-5,7,10-11,14-16H2,(H2,22,25)(H,23,26)(H,24,27)/t18-/m1/s1. The van der Waals surface area contributed by atoms with Gasteiger partial charge in [-0.15, -0.1) is 0 Å². The fourth-order valence-electron chi connectivity index (χ4n) is 3.04. The Morgan fingerprint density at radius 2 is 1.50 bits per heavy atom. The minimum atomic E-state index is -0.949. The van der Waals surface area contributed by atoms with Crippen LogP contribution in [0.3, 0.4) is 0 Å². The summed E-state index contributed by atoms with van der Waals surface area (Å²) in [6.07, 6.45) is 9.04. The van der Waals surface area contributed by atoms with E-state index in [1.54, 1.807) is 0 Å². The highest BCUT2D eigenvalue weighted by Gasteiger charge is 2.20. The molecule has 5 N–H and O–H groups in total. The third-order valence-electron chi connectivity index (χ3n) is 4.65. The van der Waals surface area contributed by atoms with Gasteiger partial charge in [-0.25, -0.2) is 5.48 Å². The Bertz CT molecular complexity index is 593. The van der Waals surface area contributed by atoms with Gasteiger partial charge in [0, 0.05) is 12.8 Å². The number of nitrogens with one attached hydrogen (secondary N) is 2. The lowest BCUT2D eigenvalue weighted by Crippen LogP contribution is -2.46. The second-order valence-electron chi connectivity index (χ2n) is 7.06. The van der Waals surface area contributed by atoms with Crippen molar-refractivity contribution in [1.29, 1.82) is 0 Å². The molecular formula is C21H33N3O4. The summed E-state index contributed by atoms with van der Waals surface area (Å²) in [6.45, 7) is 0. The molecule has 0 fully saturated rings. The zero-order valence-corrected chi connectivity index (χ0v) is 16.5. The zero-order valence-electron chi connectivity index (χ0n) is 16.5. The number of primary amides is 1. The molecule has 0 aliphatic carbocycles. The Kier molecular flexibility index (Phi) is 12.3. The van der Waals surface area contributed by atoms with Gasteiger partial charge >= 0.3 is 0 Å². The molecule has 7 heteroatoms. The number of rotatable bonds is 15. The number of carbonyl (C=O) groups is 3. The lowest BCUT2D eigenvalue weighted by Gasteiger charge is -2.16. The van der Waals surface area contributed by atoms with Crippen molar-refractivity contribution in [2.24, 2.45) is 5.73 Å². The van der Waals surface area contributed by atoms with Crippen LogP contribution in [0, 0.1) is 0 Å². The Balaban J connectivity index is 2.05. The first kappa shape index (κ1) is 23.6. The molecule has 1 aromatic rings. The van der Waals surface area contributed by atoms with Crippen LogP contribution in [0.1, 0.15) is 69.8 Å². The normalized spacial score (nSPS) is 11.6. The van der Waals surface area contributed by atoms with E-state index >= 15 is 0 Å². The van der Waals surface area contributed by atoms with E-state index in [-0.39, 0.29) is 18.7 Å². The minimum absolute atomic E-state index is 0.0390. The number of aryl methyl sites for hydroxylation is 1. The van der Waals surface area contributed by atoms with Gasteiger partial charge in [0.2, 0.25) is 11.8 Å². The van der Waals surface area contributed by atoms with Crippen molar-refractivity contribution < 1.29 is 19.6 Å². The fourth-order valence-corrected chi connectivity index (χ4v) is 3.04. The summed E-state index contributed by atoms with van der Waals surface area (Å²) in [7, 11) is 0. The molecule has 1 rings (SSSR count). The lowest BCUT2D eigenvalue weighted by atomic mass is 10.0. The van der Waals surface area contributed by atoms with Crippen LogP contribution in [-0.4, -0.2) is 29.0 Å². The van der Waals surface area contributed by atoms with Gasteiger partial charge < -0.3 is 11.1 Å². The van der Waals surface area contributed by atoms with Gasteiger partial charge in [0.15, 0.2) is 0 Å². The zero-order chi connectivity index (χ0) is 20.6. The van der Waals surface area contributed by atoms with Crippen molar-refractivity contribution in [3.05, 3.63) is 35.9 Å². The first-order chi connectivity index (χ1) is 13.5. The maximum absolute atomic E-state index is 11.9. The van der Waals surface area contributed by atoms with Gasteiger partial charge in [-0.05, 0) is 31.2 Å². The molecule has 28 heavy (non-hydrogen) atoms. The molecule has 1 aromatic carbocycles. The molecule has 0 aliphatic rings. The highest BCUT2D eigenvalue weighted by Crippen LogP contribution is 2.11. The number of nitrogens with two attached hydrogens (primary N) is 1. The summed E-state index contributed by atoms with van der Waals surface area (Å²) in [5.74, 6) is -1.57. The van der Waals surface area contributed by atoms with Gasteiger partial charge in [0.05, 0.1) is 0 Å². The molecule has 0 saturated carbocycles. The molecule has 0 aliphatic heterocycles. The topological polar surface area (TPSA) is 122 Å². The Hall–Kier alpha value is -2.41. The van der Waals surface area contributed by atoms with Gasteiger partial charge in [0.25, 0.3) is 5.91 Å². The summed E-state index contributed by atoms with van der Waals surface area (Å²) < 4.78 is 0. The monoisotopic (exact) mass is 391 g/mol. The predicted octanol–water partition coefficient (Wildman–Crippen LogP) is 2.61. The quantitative estimate of drug-likeness (QED) is 0.208. The molecule has 1 atom stereocenters. The van der Waals surface area contributed by atoms with E-state index in [2.05, 4.69) is 29.6 Å². The maximum atomic E-state index is 11.9. The van der Waals surface area contributed by atoms with E-state index in [9.17, 15) is 14.4 Å². The van der Waals surface area contributed by atoms with Crippen molar-refractivity contribution in [2.45, 2.75) is 76.7 Å². The average Bonchev–Trinajstić information content (AvgIpc) is 2.69. The SMILES string of the molecule is NC(=O)CC[C@@H](NC(=O)CCCCCCCCCc1ccccc1)C(=O)NO. The van der Waals surface area contributed by atoms with Gasteiger partial charge in [0.1, 0.15) is 6.04 Å². The smallest absolute Gasteiger partial charge is 0.265 e. The van der Waals surface area contributed by atoms with Crippen molar-refractivity contribution in [3.8, 4) is 0 Å². The molecule has 0 unspecified atom stereocenters. The van der Waals surface area contributed by atoms with Crippen molar-refractivity contribution in [3.63, 3.8) is 0 Å². The summed E-state index contributed by atoms with van der Waals surface area (Å²) >= 11 is 0. The highest BCUT2D eigenvalue weighted by atomic mass is 16.5. The number of unbranched alkanes of at least 4 members (excludes halogenated alkanes) is 6. The molecular weight excluding hydrogens is 358 g/mol. The number of hydrogen-bond acceptors (Lipinski definition) is 4. The molecule has 156 valence electrons. The van der Waals surface area contributed by atoms with E-state index in [1.807, 2.05) is 6.07 Å². The van der Waals surface area contributed by atoms with Gasteiger partial charge in [-0.2, -0.15) is 0 Å². The van der Waals surface area contributed by atoms with E-state index in [0.29, 0.717) is 6.42 Å². The van der Waals surface area contributed by atoms with Crippen molar-refractivity contribution in [1.82, 2.24) is 10.8 Å². The van der Waals surface area contributed by atoms with Crippen LogP contribution in [0.15, 0.2) is 30.3 Å². The van der Waals surface area contributed by atoms with Crippen LogP contribution < -0.4 is 16.5 Å². The average molecular weight is 392 g/mol. The van der Waals surface area contributed by atoms with E-state index in [0.717, 1.165) is 32.1 Å². The predicted molar refractivity (Wildman–Crippen MR) is 107 cm³/mol. The number of hydrogen-bond donors (Lipinski definition) is 4. The number of amides is 3. The number of carbonyl (C=O) groups excluding carboxylic acids is 3. The van der Waals surface area contributed by atoms with Crippen LogP contribution in [-0.2, 0) is 20.8 Å². The summed E-state index contributed by atoms with van der Waals surface area (Å²) in [5.41, 5.74) is 7.94. The second-order valence-corrected chi connectivity index (χ2v) is 7.06. The largest absolute Gasteiger partial charge is 0.370 e. The van der Waals surface area contributed by atoms with Crippen LogP contribution >= 0.6 is 0 Å². The van der Waals surface area contributed by atoms with E-state index in [4.69, 9.17) is 10.9 Å². The molecule has 0 radical (unpaired) electrons. The summed E-state index contributed by atoms with van der Waals surface area (Å²) in [5, 5.41) is 11.3. The summed E-state index contributed by atoms with van der Waals surface area (Å²) in [6, 6.07) is 9.55. The molecule has 0 spiro atoms. The Morgan fingerprint density at radius 1 is 0.893 bits per heavy atom. The lowest BCUT2D eigenvalue weighted by molar-refractivity contribution is -0.135. The van der Waals surface area contributed by atoms with E-state index in [1.165, 1.54) is 30.3 Å². The first-order valence-electron chi connectivity index (χ1n) is 10.1.